The lowest BCUT2D eigenvalue weighted by Crippen LogP contribution is -2.42. The molecule has 1 saturated heterocycles. The number of anilines is 1. The average Bonchev–Trinajstić information content (AvgIpc) is 2.68. The number of carboxylic acid groups (broad SMARTS) is 1. The average molecular weight is 413 g/mol. The fourth-order valence-electron chi connectivity index (χ4n) is 3.97. The van der Waals surface area contributed by atoms with Crippen molar-refractivity contribution in [2.24, 2.45) is 0 Å². The lowest BCUT2D eigenvalue weighted by molar-refractivity contribution is -0.137. The van der Waals surface area contributed by atoms with Crippen LogP contribution in [0.2, 0.25) is 0 Å². The molecule has 0 unspecified atom stereocenters. The topological polar surface area (TPSA) is 98.6 Å². The van der Waals surface area contributed by atoms with Crippen molar-refractivity contribution in [3.05, 3.63) is 35.4 Å². The first-order valence-electron chi connectivity index (χ1n) is 10.7. The van der Waals surface area contributed by atoms with E-state index in [2.05, 4.69) is 34.3 Å². The molecule has 3 N–H and O–H groups in total. The molecule has 7 heteroatoms. The van der Waals surface area contributed by atoms with Gasteiger partial charge in [-0.15, -0.1) is 10.2 Å². The molecule has 0 radical (unpaired) electrons. The first-order valence-corrected chi connectivity index (χ1v) is 10.7. The number of piperidine rings is 1. The van der Waals surface area contributed by atoms with E-state index in [4.69, 9.17) is 5.11 Å². The fraction of sp³-hybridized carbons (Fsp3) is 0.522. The minimum absolute atomic E-state index is 0.214. The minimum atomic E-state index is -0.739. The van der Waals surface area contributed by atoms with Crippen LogP contribution in [0.1, 0.15) is 56.6 Å². The summed E-state index contributed by atoms with van der Waals surface area (Å²) < 4.78 is 0. The molecule has 1 aromatic carbocycles. The Morgan fingerprint density at radius 2 is 2.10 bits per heavy atom. The van der Waals surface area contributed by atoms with E-state index in [-0.39, 0.29) is 18.2 Å². The molecule has 0 spiro atoms. The molecule has 2 aromatic rings. The quantitative estimate of drug-likeness (QED) is 0.602. The molecule has 0 aliphatic carbocycles. The molecule has 162 valence electrons. The van der Waals surface area contributed by atoms with Gasteiger partial charge in [0.2, 0.25) is 0 Å². The van der Waals surface area contributed by atoms with Crippen molar-refractivity contribution in [2.75, 3.05) is 25.0 Å². The van der Waals surface area contributed by atoms with Gasteiger partial charge in [-0.05, 0) is 74.5 Å². The van der Waals surface area contributed by atoms with Crippen LogP contribution in [0.3, 0.4) is 0 Å². The normalized spacial score (nSPS) is 17.3. The number of hydrogen-bond donors (Lipinski definition) is 3. The maximum atomic E-state index is 10.7. The Morgan fingerprint density at radius 1 is 1.30 bits per heavy atom. The smallest absolute Gasteiger partial charge is 0.303 e. The largest absolute Gasteiger partial charge is 0.507 e. The third-order valence-corrected chi connectivity index (χ3v) is 5.65. The molecule has 3 rings (SSSR count). The second-order valence-electron chi connectivity index (χ2n) is 8.47. The first kappa shape index (κ1) is 22.0. The van der Waals surface area contributed by atoms with E-state index in [1.54, 1.807) is 6.07 Å². The summed E-state index contributed by atoms with van der Waals surface area (Å²) in [4.78, 5) is 13.0. The molecule has 7 nitrogen and oxygen atoms in total. The summed E-state index contributed by atoms with van der Waals surface area (Å²) in [6.45, 7) is 8.85. The van der Waals surface area contributed by atoms with E-state index in [9.17, 15) is 9.90 Å². The molecule has 0 bridgehead atoms. The Morgan fingerprint density at radius 3 is 2.77 bits per heavy atom. The highest BCUT2D eigenvalue weighted by Crippen LogP contribution is 2.33. The highest BCUT2D eigenvalue weighted by Gasteiger charge is 2.21. The number of aliphatic carboxylic acids is 1. The number of likely N-dealkylation sites (tertiary alicyclic amines) is 1. The number of carboxylic acids is 1. The Kier molecular flexibility index (Phi) is 7.26. The minimum Gasteiger partial charge on any atom is -0.507 e. The molecule has 0 amide bonds. The molecule has 1 aliphatic rings. The standard InChI is InChI=1S/C23H32N4O3/c1-15(2)17-8-9-19(20(28)13-17)23-16(3)12-21(25-26-23)24-18-6-4-10-27(14-18)11-5-7-22(29)30/h8-9,12-13,15,18,28H,4-7,10-11,14H2,1-3H3,(H,24,25)(H,29,30)/t18-/m1/s1. The first-order chi connectivity index (χ1) is 14.3. The summed E-state index contributed by atoms with van der Waals surface area (Å²) in [7, 11) is 0. The van der Waals surface area contributed by atoms with Gasteiger partial charge in [0.05, 0.1) is 5.69 Å². The van der Waals surface area contributed by atoms with Gasteiger partial charge in [0.25, 0.3) is 0 Å². The maximum absolute atomic E-state index is 10.7. The Labute approximate surface area is 178 Å². The zero-order chi connectivity index (χ0) is 21.7. The van der Waals surface area contributed by atoms with Crippen LogP contribution in [-0.2, 0) is 4.79 Å². The van der Waals surface area contributed by atoms with Gasteiger partial charge in [0.15, 0.2) is 0 Å². The predicted octanol–water partition coefficient (Wildman–Crippen LogP) is 4.02. The van der Waals surface area contributed by atoms with Gasteiger partial charge in [0.1, 0.15) is 11.6 Å². The zero-order valence-corrected chi connectivity index (χ0v) is 18.1. The van der Waals surface area contributed by atoms with E-state index in [0.29, 0.717) is 23.6 Å². The van der Waals surface area contributed by atoms with Gasteiger partial charge >= 0.3 is 5.97 Å². The second-order valence-corrected chi connectivity index (χ2v) is 8.47. The Hall–Kier alpha value is -2.67. The number of hydrogen-bond acceptors (Lipinski definition) is 6. The number of aromatic nitrogens is 2. The van der Waals surface area contributed by atoms with Crippen LogP contribution in [0, 0.1) is 6.92 Å². The molecular formula is C23H32N4O3. The van der Waals surface area contributed by atoms with E-state index in [0.717, 1.165) is 49.4 Å². The summed E-state index contributed by atoms with van der Waals surface area (Å²) in [6, 6.07) is 7.97. The van der Waals surface area contributed by atoms with E-state index in [1.165, 1.54) is 0 Å². The number of phenolic OH excluding ortho intramolecular Hbond substituents is 1. The SMILES string of the molecule is Cc1cc(N[C@@H]2CCCN(CCCC(=O)O)C2)nnc1-c1ccc(C(C)C)cc1O. The lowest BCUT2D eigenvalue weighted by Gasteiger charge is -2.33. The molecule has 30 heavy (non-hydrogen) atoms. The Balaban J connectivity index is 1.65. The van der Waals surface area contributed by atoms with Gasteiger partial charge in [0, 0.05) is 24.6 Å². The van der Waals surface area contributed by atoms with Crippen LogP contribution in [0.5, 0.6) is 5.75 Å². The number of aryl methyl sites for hydroxylation is 1. The van der Waals surface area contributed by atoms with Crippen molar-refractivity contribution in [2.45, 2.75) is 58.4 Å². The summed E-state index contributed by atoms with van der Waals surface area (Å²) in [6.07, 6.45) is 3.02. The van der Waals surface area contributed by atoms with Gasteiger partial charge in [-0.1, -0.05) is 19.9 Å². The third kappa shape index (κ3) is 5.69. The van der Waals surface area contributed by atoms with Crippen molar-refractivity contribution in [3.8, 4) is 17.0 Å². The highest BCUT2D eigenvalue weighted by atomic mass is 16.4. The summed E-state index contributed by atoms with van der Waals surface area (Å²) in [5, 5.41) is 31.5. The van der Waals surface area contributed by atoms with Crippen LogP contribution in [0.25, 0.3) is 11.3 Å². The van der Waals surface area contributed by atoms with Crippen LogP contribution in [0.15, 0.2) is 24.3 Å². The van der Waals surface area contributed by atoms with Crippen molar-refractivity contribution < 1.29 is 15.0 Å². The van der Waals surface area contributed by atoms with Gasteiger partial charge in [-0.25, -0.2) is 0 Å². The number of nitrogens with one attached hydrogen (secondary N) is 1. The molecule has 1 aliphatic heterocycles. The Bertz CT molecular complexity index is 885. The van der Waals surface area contributed by atoms with Crippen LogP contribution >= 0.6 is 0 Å². The molecule has 1 aromatic heterocycles. The zero-order valence-electron chi connectivity index (χ0n) is 18.1. The van der Waals surface area contributed by atoms with Gasteiger partial charge < -0.3 is 20.4 Å². The molecule has 1 atom stereocenters. The van der Waals surface area contributed by atoms with Crippen molar-refractivity contribution in [3.63, 3.8) is 0 Å². The summed E-state index contributed by atoms with van der Waals surface area (Å²) in [5.74, 6) is 0.566. The van der Waals surface area contributed by atoms with Crippen LogP contribution in [0.4, 0.5) is 5.82 Å². The van der Waals surface area contributed by atoms with Crippen LogP contribution < -0.4 is 5.32 Å². The fourth-order valence-corrected chi connectivity index (χ4v) is 3.97. The lowest BCUT2D eigenvalue weighted by atomic mass is 9.98. The van der Waals surface area contributed by atoms with Crippen molar-refractivity contribution in [1.82, 2.24) is 15.1 Å². The third-order valence-electron chi connectivity index (χ3n) is 5.65. The molecule has 0 saturated carbocycles. The van der Waals surface area contributed by atoms with Crippen molar-refractivity contribution in [1.29, 1.82) is 0 Å². The second kappa shape index (κ2) is 9.89. The van der Waals surface area contributed by atoms with Crippen LogP contribution in [-0.4, -0.2) is 57.0 Å². The monoisotopic (exact) mass is 412 g/mol. The number of phenols is 1. The number of rotatable bonds is 8. The van der Waals surface area contributed by atoms with Gasteiger partial charge in [-0.2, -0.15) is 0 Å². The van der Waals surface area contributed by atoms with Crippen molar-refractivity contribution >= 4 is 11.8 Å². The number of nitrogens with zero attached hydrogens (tertiary/aromatic N) is 3. The summed E-state index contributed by atoms with van der Waals surface area (Å²) >= 11 is 0. The number of benzene rings is 1. The molecule has 1 fully saturated rings. The predicted molar refractivity (Wildman–Crippen MR) is 118 cm³/mol. The highest BCUT2D eigenvalue weighted by molar-refractivity contribution is 5.70. The number of aromatic hydroxyl groups is 1. The van der Waals surface area contributed by atoms with E-state index in [1.807, 2.05) is 25.1 Å². The molecular weight excluding hydrogens is 380 g/mol. The van der Waals surface area contributed by atoms with E-state index < -0.39 is 5.97 Å². The molecule has 2 heterocycles. The van der Waals surface area contributed by atoms with Gasteiger partial charge in [-0.3, -0.25) is 4.79 Å². The summed E-state index contributed by atoms with van der Waals surface area (Å²) in [5.41, 5.74) is 3.42. The maximum Gasteiger partial charge on any atom is 0.303 e. The van der Waals surface area contributed by atoms with E-state index >= 15 is 0 Å². The number of carbonyl (C=O) groups is 1.